The van der Waals surface area contributed by atoms with Crippen molar-refractivity contribution < 1.29 is 9.90 Å². The zero-order valence-electron chi connectivity index (χ0n) is 10.9. The van der Waals surface area contributed by atoms with Crippen LogP contribution in [0.2, 0.25) is 10.0 Å². The Balaban J connectivity index is 2.22. The largest absolute Gasteiger partial charge is 0.384 e. The summed E-state index contributed by atoms with van der Waals surface area (Å²) in [7, 11) is 0. The third-order valence-electron chi connectivity index (χ3n) is 2.64. The fourth-order valence-corrected chi connectivity index (χ4v) is 2.02. The minimum absolute atomic E-state index is 0.228. The molecule has 0 atom stereocenters. The summed E-state index contributed by atoms with van der Waals surface area (Å²) in [5.41, 5.74) is 1.53. The molecule has 0 saturated heterocycles. The molecule has 0 heterocycles. The van der Waals surface area contributed by atoms with Crippen LogP contribution in [0, 0.1) is 11.8 Å². The second-order valence-electron chi connectivity index (χ2n) is 4.10. The van der Waals surface area contributed by atoms with Crippen molar-refractivity contribution in [2.45, 2.75) is 0 Å². The maximum Gasteiger partial charge on any atom is 0.255 e. The van der Waals surface area contributed by atoms with Crippen molar-refractivity contribution in [1.82, 2.24) is 0 Å². The third-order valence-corrected chi connectivity index (χ3v) is 3.46. The highest BCUT2D eigenvalue weighted by atomic mass is 35.5. The van der Waals surface area contributed by atoms with Gasteiger partial charge in [0, 0.05) is 11.1 Å². The van der Waals surface area contributed by atoms with E-state index in [-0.39, 0.29) is 12.5 Å². The predicted molar refractivity (Wildman–Crippen MR) is 84.8 cm³/mol. The summed E-state index contributed by atoms with van der Waals surface area (Å²) in [6.07, 6.45) is 0. The second-order valence-corrected chi connectivity index (χ2v) is 4.88. The van der Waals surface area contributed by atoms with Crippen molar-refractivity contribution in [3.8, 4) is 11.8 Å². The molecule has 0 aliphatic carbocycles. The molecule has 1 amide bonds. The number of carbonyl (C=O) groups is 1. The van der Waals surface area contributed by atoms with E-state index in [1.807, 2.05) is 0 Å². The SMILES string of the molecule is O=C(Nc1cccc(Cl)c1Cl)c1cccc(C#CCO)c1. The number of carbonyl (C=O) groups excluding carboxylic acids is 1. The Morgan fingerprint density at radius 3 is 2.71 bits per heavy atom. The lowest BCUT2D eigenvalue weighted by Gasteiger charge is -2.08. The molecule has 0 fully saturated rings. The van der Waals surface area contributed by atoms with Gasteiger partial charge in [-0.15, -0.1) is 0 Å². The zero-order valence-corrected chi connectivity index (χ0v) is 12.4. The minimum Gasteiger partial charge on any atom is -0.384 e. The molecule has 0 spiro atoms. The van der Waals surface area contributed by atoms with E-state index in [2.05, 4.69) is 17.2 Å². The first-order valence-electron chi connectivity index (χ1n) is 6.07. The first-order chi connectivity index (χ1) is 10.1. The summed E-state index contributed by atoms with van der Waals surface area (Å²) < 4.78 is 0. The Morgan fingerprint density at radius 2 is 1.95 bits per heavy atom. The van der Waals surface area contributed by atoms with Crippen LogP contribution >= 0.6 is 23.2 Å². The van der Waals surface area contributed by atoms with Crippen LogP contribution in [0.1, 0.15) is 15.9 Å². The van der Waals surface area contributed by atoms with E-state index in [9.17, 15) is 4.79 Å². The molecule has 2 aromatic carbocycles. The predicted octanol–water partition coefficient (Wildman–Crippen LogP) is 3.59. The van der Waals surface area contributed by atoms with Gasteiger partial charge in [0.25, 0.3) is 5.91 Å². The molecular formula is C16H11Cl2NO2. The molecule has 0 saturated carbocycles. The molecule has 0 aliphatic rings. The lowest BCUT2D eigenvalue weighted by molar-refractivity contribution is 0.102. The number of aliphatic hydroxyl groups is 1. The van der Waals surface area contributed by atoms with Gasteiger partial charge >= 0.3 is 0 Å². The standard InChI is InChI=1S/C16H11Cl2NO2/c17-13-7-2-8-14(15(13)18)19-16(21)12-6-1-4-11(10-12)5-3-9-20/h1-2,4,6-8,10,20H,9H2,(H,19,21). The molecule has 2 rings (SSSR count). The summed E-state index contributed by atoms with van der Waals surface area (Å²) in [6, 6.07) is 11.8. The van der Waals surface area contributed by atoms with Gasteiger partial charge in [-0.1, -0.05) is 47.2 Å². The van der Waals surface area contributed by atoms with E-state index in [1.54, 1.807) is 42.5 Å². The van der Waals surface area contributed by atoms with E-state index in [4.69, 9.17) is 28.3 Å². The molecule has 0 unspecified atom stereocenters. The first kappa shape index (κ1) is 15.4. The summed E-state index contributed by atoms with van der Waals surface area (Å²) in [4.78, 5) is 12.2. The maximum atomic E-state index is 12.2. The van der Waals surface area contributed by atoms with Crippen molar-refractivity contribution in [2.75, 3.05) is 11.9 Å². The normalized spacial score (nSPS) is 9.67. The van der Waals surface area contributed by atoms with Crippen molar-refractivity contribution in [3.63, 3.8) is 0 Å². The van der Waals surface area contributed by atoms with Gasteiger partial charge in [-0.3, -0.25) is 4.79 Å². The van der Waals surface area contributed by atoms with Crippen LogP contribution in [0.5, 0.6) is 0 Å². The number of benzene rings is 2. The number of hydrogen-bond acceptors (Lipinski definition) is 2. The average Bonchev–Trinajstić information content (AvgIpc) is 2.50. The van der Waals surface area contributed by atoms with E-state index < -0.39 is 0 Å². The minimum atomic E-state index is -0.313. The molecule has 5 heteroatoms. The zero-order chi connectivity index (χ0) is 15.2. The van der Waals surface area contributed by atoms with Crippen LogP contribution in [0.25, 0.3) is 0 Å². The van der Waals surface area contributed by atoms with Gasteiger partial charge in [-0.2, -0.15) is 0 Å². The number of anilines is 1. The highest BCUT2D eigenvalue weighted by Gasteiger charge is 2.10. The number of halogens is 2. The van der Waals surface area contributed by atoms with Crippen molar-refractivity contribution in [2.24, 2.45) is 0 Å². The Kier molecular flexibility index (Phi) is 5.24. The number of rotatable bonds is 2. The Hall–Kier alpha value is -1.99. The smallest absolute Gasteiger partial charge is 0.255 e. The monoisotopic (exact) mass is 319 g/mol. The molecule has 0 aromatic heterocycles. The Bertz CT molecular complexity index is 733. The molecular weight excluding hydrogens is 309 g/mol. The van der Waals surface area contributed by atoms with Crippen molar-refractivity contribution >= 4 is 34.8 Å². The van der Waals surface area contributed by atoms with Crippen molar-refractivity contribution in [3.05, 3.63) is 63.6 Å². The van der Waals surface area contributed by atoms with E-state index in [1.165, 1.54) is 0 Å². The van der Waals surface area contributed by atoms with Gasteiger partial charge in [-0.25, -0.2) is 0 Å². The van der Waals surface area contributed by atoms with Crippen LogP contribution in [-0.2, 0) is 0 Å². The van der Waals surface area contributed by atoms with Gasteiger partial charge in [0.1, 0.15) is 6.61 Å². The van der Waals surface area contributed by atoms with Gasteiger partial charge in [0.2, 0.25) is 0 Å². The topological polar surface area (TPSA) is 49.3 Å². The molecule has 2 aromatic rings. The van der Waals surface area contributed by atoms with Crippen molar-refractivity contribution in [1.29, 1.82) is 0 Å². The molecule has 21 heavy (non-hydrogen) atoms. The molecule has 0 bridgehead atoms. The summed E-state index contributed by atoms with van der Waals surface area (Å²) in [6.45, 7) is -0.228. The number of amides is 1. The van der Waals surface area contributed by atoms with Crippen LogP contribution in [0.15, 0.2) is 42.5 Å². The summed E-state index contributed by atoms with van der Waals surface area (Å²) in [5.74, 6) is 4.97. The summed E-state index contributed by atoms with van der Waals surface area (Å²) >= 11 is 11.9. The first-order valence-corrected chi connectivity index (χ1v) is 6.82. The lowest BCUT2D eigenvalue weighted by Crippen LogP contribution is -2.12. The third kappa shape index (κ3) is 3.99. The second kappa shape index (κ2) is 7.14. The van der Waals surface area contributed by atoms with E-state index in [0.717, 1.165) is 0 Å². The number of nitrogens with one attached hydrogen (secondary N) is 1. The number of aliphatic hydroxyl groups excluding tert-OH is 1. The highest BCUT2D eigenvalue weighted by molar-refractivity contribution is 6.44. The quantitative estimate of drug-likeness (QED) is 0.831. The molecule has 0 aliphatic heterocycles. The maximum absolute atomic E-state index is 12.2. The molecule has 3 nitrogen and oxygen atoms in total. The fourth-order valence-electron chi connectivity index (χ4n) is 1.67. The van der Waals surface area contributed by atoms with Gasteiger partial charge in [0.15, 0.2) is 0 Å². The number of hydrogen-bond donors (Lipinski definition) is 2. The van der Waals surface area contributed by atoms with E-state index >= 15 is 0 Å². The Morgan fingerprint density at radius 1 is 1.19 bits per heavy atom. The van der Waals surface area contributed by atoms with Gasteiger partial charge in [0.05, 0.1) is 15.7 Å². The molecule has 2 N–H and O–H groups in total. The Labute approximate surface area is 132 Å². The van der Waals surface area contributed by atoms with Gasteiger partial charge < -0.3 is 10.4 Å². The fraction of sp³-hybridized carbons (Fsp3) is 0.0625. The van der Waals surface area contributed by atoms with Crippen LogP contribution < -0.4 is 5.32 Å². The molecule has 0 radical (unpaired) electrons. The lowest BCUT2D eigenvalue weighted by atomic mass is 10.1. The van der Waals surface area contributed by atoms with Crippen LogP contribution in [0.4, 0.5) is 5.69 Å². The highest BCUT2D eigenvalue weighted by Crippen LogP contribution is 2.29. The average molecular weight is 320 g/mol. The van der Waals surface area contributed by atoms with E-state index in [0.29, 0.717) is 26.9 Å². The molecule has 106 valence electrons. The summed E-state index contributed by atoms with van der Waals surface area (Å²) in [5, 5.41) is 12.0. The van der Waals surface area contributed by atoms with Gasteiger partial charge in [-0.05, 0) is 30.3 Å². The van der Waals surface area contributed by atoms with Crippen LogP contribution in [-0.4, -0.2) is 17.6 Å². The van der Waals surface area contributed by atoms with Crippen LogP contribution in [0.3, 0.4) is 0 Å².